The molecule has 0 unspecified atom stereocenters. The third kappa shape index (κ3) is 6.94. The van der Waals surface area contributed by atoms with Gasteiger partial charge in [-0.15, -0.1) is 4.83 Å². The number of carbonyl (C=O) groups excluding carboxylic acids is 2. The van der Waals surface area contributed by atoms with Crippen LogP contribution in [0.4, 0.5) is 4.39 Å². The van der Waals surface area contributed by atoms with Crippen LogP contribution in [0.2, 0.25) is 5.02 Å². The summed E-state index contributed by atoms with van der Waals surface area (Å²) < 4.78 is 41.4. The molecule has 0 spiro atoms. The fourth-order valence-electron chi connectivity index (χ4n) is 4.34. The second-order valence-corrected chi connectivity index (χ2v) is 11.3. The van der Waals surface area contributed by atoms with Crippen LogP contribution in [0.25, 0.3) is 11.3 Å². The average molecular weight is 548 g/mol. The molecular formula is C25H27ClFN5O4S. The minimum Gasteiger partial charge on any atom is -0.349 e. The number of hydrogen-bond acceptors (Lipinski definition) is 5. The maximum absolute atomic E-state index is 14.6. The van der Waals surface area contributed by atoms with E-state index in [-0.39, 0.29) is 28.6 Å². The Morgan fingerprint density at radius 3 is 2.46 bits per heavy atom. The highest BCUT2D eigenvalue weighted by molar-refractivity contribution is 7.89. The predicted molar refractivity (Wildman–Crippen MR) is 138 cm³/mol. The lowest BCUT2D eigenvalue weighted by Gasteiger charge is -2.29. The number of carbonyl (C=O) groups is 2. The molecule has 0 bridgehead atoms. The van der Waals surface area contributed by atoms with Gasteiger partial charge in [-0.1, -0.05) is 29.8 Å². The summed E-state index contributed by atoms with van der Waals surface area (Å²) in [6.45, 7) is 0. The number of sulfonamides is 1. The summed E-state index contributed by atoms with van der Waals surface area (Å²) in [5.41, 5.74) is 3.14. The third-order valence-corrected chi connectivity index (χ3v) is 7.86. The summed E-state index contributed by atoms with van der Waals surface area (Å²) in [5.74, 6) is -2.44. The Kier molecular flexibility index (Phi) is 8.25. The van der Waals surface area contributed by atoms with E-state index in [1.165, 1.54) is 12.1 Å². The highest BCUT2D eigenvalue weighted by Crippen LogP contribution is 2.28. The molecule has 0 aliphatic heterocycles. The van der Waals surface area contributed by atoms with Crippen LogP contribution < -0.4 is 15.6 Å². The van der Waals surface area contributed by atoms with Crippen LogP contribution in [0, 0.1) is 11.7 Å². The number of rotatable bonds is 8. The van der Waals surface area contributed by atoms with Crippen LogP contribution in [0.15, 0.2) is 55.0 Å². The topological polar surface area (TPSA) is 122 Å². The molecule has 9 nitrogen and oxygen atoms in total. The Labute approximate surface area is 219 Å². The third-order valence-electron chi connectivity index (χ3n) is 6.27. The molecule has 1 aliphatic rings. The Hall–Kier alpha value is -3.28. The van der Waals surface area contributed by atoms with Crippen molar-refractivity contribution >= 4 is 33.4 Å². The van der Waals surface area contributed by atoms with Crippen LogP contribution in [0.1, 0.15) is 46.4 Å². The number of amides is 2. The van der Waals surface area contributed by atoms with Gasteiger partial charge in [-0.2, -0.15) is 0 Å². The molecule has 1 aromatic heterocycles. The van der Waals surface area contributed by atoms with Gasteiger partial charge in [0.25, 0.3) is 11.8 Å². The first kappa shape index (κ1) is 26.8. The van der Waals surface area contributed by atoms with E-state index in [0.717, 1.165) is 0 Å². The number of aryl methyl sites for hydroxylation is 1. The van der Waals surface area contributed by atoms with E-state index in [0.29, 0.717) is 42.5 Å². The number of imidazole rings is 1. The first-order valence-electron chi connectivity index (χ1n) is 11.7. The minimum atomic E-state index is -3.89. The second-order valence-electron chi connectivity index (χ2n) is 9.14. The summed E-state index contributed by atoms with van der Waals surface area (Å²) in [6, 6.07) is 11.5. The lowest BCUT2D eigenvalue weighted by molar-refractivity contribution is 0.0921. The van der Waals surface area contributed by atoms with E-state index in [1.807, 2.05) is 6.07 Å². The molecule has 0 radical (unpaired) electrons. The van der Waals surface area contributed by atoms with Crippen molar-refractivity contribution in [2.45, 2.75) is 31.7 Å². The van der Waals surface area contributed by atoms with Gasteiger partial charge in [-0.25, -0.2) is 17.8 Å². The largest absolute Gasteiger partial charge is 0.349 e. The normalized spacial score (nSPS) is 17.8. The number of nitrogens with one attached hydrogen (secondary N) is 3. The van der Waals surface area contributed by atoms with E-state index < -0.39 is 27.3 Å². The highest BCUT2D eigenvalue weighted by atomic mass is 35.5. The highest BCUT2D eigenvalue weighted by Gasteiger charge is 2.27. The van der Waals surface area contributed by atoms with Gasteiger partial charge in [-0.05, 0) is 55.9 Å². The molecule has 1 aliphatic carbocycles. The van der Waals surface area contributed by atoms with Crippen molar-refractivity contribution in [3.05, 3.63) is 77.0 Å². The van der Waals surface area contributed by atoms with Gasteiger partial charge in [0, 0.05) is 30.4 Å². The van der Waals surface area contributed by atoms with E-state index in [4.69, 9.17) is 11.6 Å². The molecule has 3 N–H and O–H groups in total. The Bertz CT molecular complexity index is 1390. The maximum Gasteiger partial charge on any atom is 0.269 e. The smallest absolute Gasteiger partial charge is 0.269 e. The van der Waals surface area contributed by atoms with Gasteiger partial charge in [0.15, 0.2) is 5.82 Å². The van der Waals surface area contributed by atoms with E-state index >= 15 is 0 Å². The summed E-state index contributed by atoms with van der Waals surface area (Å²) in [4.78, 5) is 31.2. The molecular weight excluding hydrogens is 521 g/mol. The molecule has 196 valence electrons. The van der Waals surface area contributed by atoms with Crippen molar-refractivity contribution in [3.63, 3.8) is 0 Å². The molecule has 2 aromatic carbocycles. The second kappa shape index (κ2) is 11.4. The molecule has 1 saturated carbocycles. The minimum absolute atomic E-state index is 0.0292. The Morgan fingerprint density at radius 1 is 1.11 bits per heavy atom. The quantitative estimate of drug-likeness (QED) is 0.373. The summed E-state index contributed by atoms with van der Waals surface area (Å²) in [6.07, 6.45) is 5.72. The first-order chi connectivity index (χ1) is 17.6. The van der Waals surface area contributed by atoms with Crippen LogP contribution in [0.5, 0.6) is 0 Å². The fourth-order valence-corrected chi connectivity index (χ4v) is 5.84. The molecule has 4 rings (SSSR count). The lowest BCUT2D eigenvalue weighted by Crippen LogP contribution is -2.45. The number of nitrogens with zero attached hydrogens (tertiary/aromatic N) is 2. The van der Waals surface area contributed by atoms with Crippen LogP contribution in [-0.2, 0) is 17.1 Å². The number of aromatic nitrogens is 2. The SMILES string of the molecule is Cn1cnc(-c2cc(Cl)c(F)c(C(=O)NNS(=O)(=O)CC3CCC(NC(=O)c4ccccc4)CC3)c2)c1. The molecule has 0 atom stereocenters. The number of halogens is 2. The fraction of sp³-hybridized carbons (Fsp3) is 0.320. The molecule has 37 heavy (non-hydrogen) atoms. The first-order valence-corrected chi connectivity index (χ1v) is 13.8. The van der Waals surface area contributed by atoms with Crippen molar-refractivity contribution in [2.75, 3.05) is 5.75 Å². The standard InChI is InChI=1S/C25H27ClFN5O4S/c1-32-13-22(28-15-32)18-11-20(23(27)21(26)12-18)25(34)30-31-37(35,36)14-16-7-9-19(10-8-16)29-24(33)17-5-3-2-4-6-17/h2-6,11-13,15-16,19,31H,7-10,14H2,1H3,(H,29,33)(H,30,34). The molecule has 1 heterocycles. The van der Waals surface area contributed by atoms with E-state index in [9.17, 15) is 22.4 Å². The molecule has 1 fully saturated rings. The van der Waals surface area contributed by atoms with Gasteiger partial charge in [0.2, 0.25) is 10.0 Å². The molecule has 2 amide bonds. The van der Waals surface area contributed by atoms with Crippen LogP contribution in [0.3, 0.4) is 0 Å². The zero-order valence-corrected chi connectivity index (χ0v) is 21.7. The van der Waals surface area contributed by atoms with Gasteiger partial charge < -0.3 is 9.88 Å². The van der Waals surface area contributed by atoms with Crippen molar-refractivity contribution < 1.29 is 22.4 Å². The average Bonchev–Trinajstić information content (AvgIpc) is 3.32. The zero-order chi connectivity index (χ0) is 26.6. The number of benzene rings is 2. The monoisotopic (exact) mass is 547 g/mol. The van der Waals surface area contributed by atoms with Crippen LogP contribution in [-0.4, -0.2) is 41.6 Å². The van der Waals surface area contributed by atoms with Crippen molar-refractivity contribution in [1.82, 2.24) is 25.1 Å². The summed E-state index contributed by atoms with van der Waals surface area (Å²) in [5, 5.41) is 2.71. The summed E-state index contributed by atoms with van der Waals surface area (Å²) >= 11 is 5.96. The zero-order valence-electron chi connectivity index (χ0n) is 20.1. The maximum atomic E-state index is 14.6. The van der Waals surface area contributed by atoms with Crippen molar-refractivity contribution in [2.24, 2.45) is 13.0 Å². The number of hydrazine groups is 1. The lowest BCUT2D eigenvalue weighted by atomic mass is 9.87. The van der Waals surface area contributed by atoms with E-state index in [1.54, 1.807) is 48.4 Å². The van der Waals surface area contributed by atoms with Crippen molar-refractivity contribution in [3.8, 4) is 11.3 Å². The number of hydrogen-bond donors (Lipinski definition) is 3. The molecule has 3 aromatic rings. The predicted octanol–water partition coefficient (Wildman–Crippen LogP) is 3.43. The molecule has 0 saturated heterocycles. The van der Waals surface area contributed by atoms with Gasteiger partial charge in [-0.3, -0.25) is 15.0 Å². The summed E-state index contributed by atoms with van der Waals surface area (Å²) in [7, 11) is -2.13. The van der Waals surface area contributed by atoms with Gasteiger partial charge in [0.05, 0.1) is 28.4 Å². The Balaban J connectivity index is 1.30. The molecule has 12 heteroatoms. The Morgan fingerprint density at radius 2 is 1.81 bits per heavy atom. The van der Waals surface area contributed by atoms with E-state index in [2.05, 4.69) is 20.6 Å². The van der Waals surface area contributed by atoms with Crippen molar-refractivity contribution in [1.29, 1.82) is 0 Å². The van der Waals surface area contributed by atoms with Gasteiger partial charge >= 0.3 is 0 Å². The van der Waals surface area contributed by atoms with Crippen LogP contribution >= 0.6 is 11.6 Å². The van der Waals surface area contributed by atoms with Gasteiger partial charge in [0.1, 0.15) is 0 Å².